The Kier molecular flexibility index (Phi) is 7.00. The molecule has 0 spiro atoms. The second kappa shape index (κ2) is 9.01. The molecule has 1 N–H and O–H groups in total. The highest BCUT2D eigenvalue weighted by molar-refractivity contribution is 5.43. The summed E-state index contributed by atoms with van der Waals surface area (Å²) in [6.45, 7) is 3.91. The van der Waals surface area contributed by atoms with E-state index in [1.54, 1.807) is 14.2 Å². The van der Waals surface area contributed by atoms with E-state index in [0.29, 0.717) is 12.1 Å². The van der Waals surface area contributed by atoms with Gasteiger partial charge in [-0.3, -0.25) is 0 Å². The molecule has 0 aliphatic heterocycles. The molecule has 1 fully saturated rings. The standard InChI is InChI=1S/C18H29NO3/c1-14(19-10-11-22-16-6-4-5-7-16)12-15-8-9-17(20-2)18(13-15)21-3/h8-9,13-14,16,19H,4-7,10-12H2,1-3H3. The molecule has 1 unspecified atom stereocenters. The van der Waals surface area contributed by atoms with E-state index >= 15 is 0 Å². The zero-order chi connectivity index (χ0) is 15.8. The van der Waals surface area contributed by atoms with Crippen LogP contribution in [0.2, 0.25) is 0 Å². The molecule has 1 aliphatic rings. The molecule has 22 heavy (non-hydrogen) atoms. The molecule has 4 heteroatoms. The first kappa shape index (κ1) is 17.1. The van der Waals surface area contributed by atoms with Crippen LogP contribution in [0.5, 0.6) is 11.5 Å². The molecule has 0 saturated heterocycles. The summed E-state index contributed by atoms with van der Waals surface area (Å²) in [7, 11) is 3.33. The van der Waals surface area contributed by atoms with Crippen LogP contribution in [0.15, 0.2) is 18.2 Å². The van der Waals surface area contributed by atoms with Gasteiger partial charge in [0.1, 0.15) is 0 Å². The average Bonchev–Trinajstić information content (AvgIpc) is 3.04. The average molecular weight is 307 g/mol. The van der Waals surface area contributed by atoms with Crippen molar-refractivity contribution in [2.45, 2.75) is 51.2 Å². The SMILES string of the molecule is COc1ccc(CC(C)NCCOC2CCCC2)cc1OC. The molecular formula is C18H29NO3. The van der Waals surface area contributed by atoms with E-state index in [-0.39, 0.29) is 0 Å². The number of hydrogen-bond donors (Lipinski definition) is 1. The van der Waals surface area contributed by atoms with Crippen LogP contribution in [0.25, 0.3) is 0 Å². The molecule has 1 saturated carbocycles. The first-order valence-corrected chi connectivity index (χ1v) is 8.29. The molecule has 0 aromatic heterocycles. The van der Waals surface area contributed by atoms with Crippen LogP contribution in [0.4, 0.5) is 0 Å². The van der Waals surface area contributed by atoms with Crippen LogP contribution < -0.4 is 14.8 Å². The third-order valence-electron chi connectivity index (χ3n) is 4.24. The lowest BCUT2D eigenvalue weighted by atomic mass is 10.1. The van der Waals surface area contributed by atoms with Crippen LogP contribution in [-0.4, -0.2) is 39.5 Å². The fourth-order valence-corrected chi connectivity index (χ4v) is 3.02. The Bertz CT molecular complexity index is 444. The summed E-state index contributed by atoms with van der Waals surface area (Å²) in [5, 5.41) is 3.52. The minimum absolute atomic E-state index is 0.408. The zero-order valence-electron chi connectivity index (χ0n) is 14.1. The van der Waals surface area contributed by atoms with Gasteiger partial charge in [-0.15, -0.1) is 0 Å². The Morgan fingerprint density at radius 2 is 1.86 bits per heavy atom. The first-order valence-electron chi connectivity index (χ1n) is 8.29. The lowest BCUT2D eigenvalue weighted by Crippen LogP contribution is -2.32. The summed E-state index contributed by atoms with van der Waals surface area (Å²) in [6.07, 6.45) is 6.59. The summed E-state index contributed by atoms with van der Waals surface area (Å²) in [5.41, 5.74) is 1.24. The molecule has 1 aromatic rings. The number of benzene rings is 1. The van der Waals surface area contributed by atoms with Gasteiger partial charge < -0.3 is 19.5 Å². The molecule has 0 amide bonds. The zero-order valence-corrected chi connectivity index (χ0v) is 14.1. The van der Waals surface area contributed by atoms with E-state index in [1.807, 2.05) is 12.1 Å². The summed E-state index contributed by atoms with van der Waals surface area (Å²) in [5.74, 6) is 1.56. The van der Waals surface area contributed by atoms with Crippen molar-refractivity contribution < 1.29 is 14.2 Å². The van der Waals surface area contributed by atoms with Crippen molar-refractivity contribution in [2.24, 2.45) is 0 Å². The summed E-state index contributed by atoms with van der Waals surface area (Å²) >= 11 is 0. The Balaban J connectivity index is 1.70. The van der Waals surface area contributed by atoms with Gasteiger partial charge in [-0.1, -0.05) is 18.9 Å². The second-order valence-corrected chi connectivity index (χ2v) is 6.03. The number of nitrogens with one attached hydrogen (secondary N) is 1. The predicted octanol–water partition coefficient (Wildman–Crippen LogP) is 3.18. The van der Waals surface area contributed by atoms with Gasteiger partial charge in [0.2, 0.25) is 0 Å². The van der Waals surface area contributed by atoms with E-state index in [1.165, 1.54) is 31.2 Å². The highest BCUT2D eigenvalue weighted by Crippen LogP contribution is 2.28. The highest BCUT2D eigenvalue weighted by Gasteiger charge is 2.15. The number of ether oxygens (including phenoxy) is 3. The molecular weight excluding hydrogens is 278 g/mol. The molecule has 0 radical (unpaired) electrons. The van der Waals surface area contributed by atoms with Crippen LogP contribution in [0, 0.1) is 0 Å². The van der Waals surface area contributed by atoms with E-state index in [4.69, 9.17) is 14.2 Å². The Labute approximate surface area is 134 Å². The molecule has 0 bridgehead atoms. The Morgan fingerprint density at radius 3 is 2.55 bits per heavy atom. The molecule has 1 aromatic carbocycles. The first-order chi connectivity index (χ1) is 10.7. The minimum atomic E-state index is 0.408. The van der Waals surface area contributed by atoms with Gasteiger partial charge in [0.15, 0.2) is 11.5 Å². The quantitative estimate of drug-likeness (QED) is 0.711. The van der Waals surface area contributed by atoms with Gasteiger partial charge in [-0.2, -0.15) is 0 Å². The van der Waals surface area contributed by atoms with Gasteiger partial charge >= 0.3 is 0 Å². The van der Waals surface area contributed by atoms with Crippen molar-refractivity contribution >= 4 is 0 Å². The van der Waals surface area contributed by atoms with Gasteiger partial charge in [0.25, 0.3) is 0 Å². The molecule has 124 valence electrons. The largest absolute Gasteiger partial charge is 0.493 e. The highest BCUT2D eigenvalue weighted by atomic mass is 16.5. The van der Waals surface area contributed by atoms with Gasteiger partial charge in [-0.05, 0) is 43.9 Å². The van der Waals surface area contributed by atoms with Gasteiger partial charge in [0.05, 0.1) is 26.9 Å². The maximum absolute atomic E-state index is 5.87. The minimum Gasteiger partial charge on any atom is -0.493 e. The van der Waals surface area contributed by atoms with Crippen molar-refractivity contribution in [1.82, 2.24) is 5.32 Å². The fraction of sp³-hybridized carbons (Fsp3) is 0.667. The maximum Gasteiger partial charge on any atom is 0.160 e. The summed E-state index contributed by atoms with van der Waals surface area (Å²) in [4.78, 5) is 0. The van der Waals surface area contributed by atoms with Crippen molar-refractivity contribution in [2.75, 3.05) is 27.4 Å². The molecule has 1 atom stereocenters. The van der Waals surface area contributed by atoms with E-state index in [9.17, 15) is 0 Å². The summed E-state index contributed by atoms with van der Waals surface area (Å²) < 4.78 is 16.5. The number of methoxy groups -OCH3 is 2. The van der Waals surface area contributed by atoms with Crippen molar-refractivity contribution in [1.29, 1.82) is 0 Å². The van der Waals surface area contributed by atoms with Crippen LogP contribution in [0.1, 0.15) is 38.2 Å². The number of hydrogen-bond acceptors (Lipinski definition) is 4. The molecule has 0 heterocycles. The third-order valence-corrected chi connectivity index (χ3v) is 4.24. The topological polar surface area (TPSA) is 39.7 Å². The van der Waals surface area contributed by atoms with E-state index in [0.717, 1.165) is 31.1 Å². The van der Waals surface area contributed by atoms with E-state index < -0.39 is 0 Å². The van der Waals surface area contributed by atoms with Crippen molar-refractivity contribution in [3.63, 3.8) is 0 Å². The van der Waals surface area contributed by atoms with Gasteiger partial charge in [0, 0.05) is 12.6 Å². The monoisotopic (exact) mass is 307 g/mol. The molecule has 1 aliphatic carbocycles. The Morgan fingerprint density at radius 1 is 1.14 bits per heavy atom. The van der Waals surface area contributed by atoms with Crippen molar-refractivity contribution in [3.05, 3.63) is 23.8 Å². The van der Waals surface area contributed by atoms with Gasteiger partial charge in [-0.25, -0.2) is 0 Å². The smallest absolute Gasteiger partial charge is 0.160 e. The normalized spacial score (nSPS) is 16.7. The fourth-order valence-electron chi connectivity index (χ4n) is 3.02. The van der Waals surface area contributed by atoms with Crippen molar-refractivity contribution in [3.8, 4) is 11.5 Å². The summed E-state index contributed by atoms with van der Waals surface area (Å²) in [6, 6.07) is 6.51. The van der Waals surface area contributed by atoms with E-state index in [2.05, 4.69) is 18.3 Å². The molecule has 2 rings (SSSR count). The van der Waals surface area contributed by atoms with Crippen LogP contribution in [-0.2, 0) is 11.2 Å². The number of rotatable bonds is 9. The predicted molar refractivity (Wildman–Crippen MR) is 88.9 cm³/mol. The molecule has 4 nitrogen and oxygen atoms in total. The van der Waals surface area contributed by atoms with Crippen LogP contribution in [0.3, 0.4) is 0 Å². The lowest BCUT2D eigenvalue weighted by Gasteiger charge is -2.17. The second-order valence-electron chi connectivity index (χ2n) is 6.03. The Hall–Kier alpha value is -1.26. The third kappa shape index (κ3) is 5.18. The maximum atomic E-state index is 5.87. The van der Waals surface area contributed by atoms with Crippen LogP contribution >= 0.6 is 0 Å². The lowest BCUT2D eigenvalue weighted by molar-refractivity contribution is 0.0593.